The summed E-state index contributed by atoms with van der Waals surface area (Å²) in [6.45, 7) is 0.0847. The molecular weight excluding hydrogens is 301 g/mol. The van der Waals surface area contributed by atoms with Crippen molar-refractivity contribution in [1.82, 2.24) is 0 Å². The van der Waals surface area contributed by atoms with Crippen LogP contribution in [0.4, 0.5) is 5.69 Å². The Balaban J connectivity index is 2.22. The first kappa shape index (κ1) is 14.6. The van der Waals surface area contributed by atoms with Crippen LogP contribution >= 0.6 is 23.2 Å². The lowest BCUT2D eigenvalue weighted by Crippen LogP contribution is -2.02. The molecular formula is C14H11Cl2NO3. The van der Waals surface area contributed by atoms with E-state index >= 15 is 0 Å². The Labute approximate surface area is 126 Å². The molecule has 0 heterocycles. The Morgan fingerprint density at radius 1 is 1.15 bits per heavy atom. The first-order valence-electron chi connectivity index (χ1n) is 5.82. The monoisotopic (exact) mass is 311 g/mol. The van der Waals surface area contributed by atoms with Gasteiger partial charge in [-0.1, -0.05) is 29.8 Å². The number of rotatable bonds is 5. The molecule has 2 rings (SSSR count). The Hall–Kier alpha value is -1.78. The van der Waals surface area contributed by atoms with Crippen LogP contribution in [0.3, 0.4) is 0 Å². The Kier molecular flexibility index (Phi) is 4.82. The minimum atomic E-state index is -0.431. The maximum absolute atomic E-state index is 10.9. The van der Waals surface area contributed by atoms with E-state index in [0.717, 1.165) is 0 Å². The Bertz CT molecular complexity index is 632. The highest BCUT2D eigenvalue weighted by Crippen LogP contribution is 2.29. The average Bonchev–Trinajstić information content (AvgIpc) is 2.45. The summed E-state index contributed by atoms with van der Waals surface area (Å²) in [6.07, 6.45) is 0. The van der Waals surface area contributed by atoms with Gasteiger partial charge in [-0.15, -0.1) is 11.6 Å². The minimum Gasteiger partial charge on any atom is -0.488 e. The number of ether oxygens (including phenoxy) is 1. The number of hydrogen-bond donors (Lipinski definition) is 0. The molecule has 0 amide bonds. The highest BCUT2D eigenvalue weighted by molar-refractivity contribution is 6.32. The Morgan fingerprint density at radius 3 is 2.60 bits per heavy atom. The molecule has 0 atom stereocenters. The summed E-state index contributed by atoms with van der Waals surface area (Å²) < 4.78 is 5.61. The van der Waals surface area contributed by atoms with Crippen LogP contribution in [0.1, 0.15) is 11.1 Å². The van der Waals surface area contributed by atoms with E-state index in [2.05, 4.69) is 0 Å². The molecule has 4 nitrogen and oxygen atoms in total. The molecule has 0 spiro atoms. The third kappa shape index (κ3) is 3.21. The zero-order chi connectivity index (χ0) is 14.5. The molecule has 0 saturated heterocycles. The molecule has 6 heteroatoms. The van der Waals surface area contributed by atoms with E-state index in [0.29, 0.717) is 21.9 Å². The van der Waals surface area contributed by atoms with E-state index in [-0.39, 0.29) is 18.2 Å². The smallest absolute Gasteiger partial charge is 0.276 e. The van der Waals surface area contributed by atoms with Crippen molar-refractivity contribution >= 4 is 28.9 Å². The predicted molar refractivity (Wildman–Crippen MR) is 78.4 cm³/mol. The first-order valence-corrected chi connectivity index (χ1v) is 6.73. The Morgan fingerprint density at radius 2 is 1.90 bits per heavy atom. The summed E-state index contributed by atoms with van der Waals surface area (Å²) in [6, 6.07) is 11.6. The van der Waals surface area contributed by atoms with Crippen molar-refractivity contribution in [2.45, 2.75) is 12.5 Å². The van der Waals surface area contributed by atoms with Crippen LogP contribution in [0.15, 0.2) is 42.5 Å². The fourth-order valence-electron chi connectivity index (χ4n) is 1.77. The lowest BCUT2D eigenvalue weighted by Gasteiger charge is -2.11. The van der Waals surface area contributed by atoms with Crippen LogP contribution in [0.2, 0.25) is 5.02 Å². The second kappa shape index (κ2) is 6.59. The van der Waals surface area contributed by atoms with E-state index in [4.69, 9.17) is 27.9 Å². The normalized spacial score (nSPS) is 10.3. The van der Waals surface area contributed by atoms with E-state index in [1.165, 1.54) is 6.07 Å². The molecule has 104 valence electrons. The highest BCUT2D eigenvalue weighted by atomic mass is 35.5. The van der Waals surface area contributed by atoms with Crippen LogP contribution < -0.4 is 4.74 Å². The molecule has 0 radical (unpaired) electrons. The number of hydrogen-bond acceptors (Lipinski definition) is 3. The van der Waals surface area contributed by atoms with Gasteiger partial charge in [-0.25, -0.2) is 0 Å². The molecule has 0 fully saturated rings. The molecule has 0 bridgehead atoms. The number of nitrogens with zero attached hydrogens (tertiary/aromatic N) is 1. The van der Waals surface area contributed by atoms with Crippen molar-refractivity contribution in [2.24, 2.45) is 0 Å². The van der Waals surface area contributed by atoms with Crippen molar-refractivity contribution in [3.05, 3.63) is 68.7 Å². The van der Waals surface area contributed by atoms with Gasteiger partial charge in [-0.2, -0.15) is 0 Å². The van der Waals surface area contributed by atoms with Crippen molar-refractivity contribution in [3.8, 4) is 5.75 Å². The molecule has 0 N–H and O–H groups in total. The SMILES string of the molecule is O=[N+]([O-])c1ccccc1COc1cccc(Cl)c1CCl. The largest absolute Gasteiger partial charge is 0.488 e. The predicted octanol–water partition coefficient (Wildman–Crippen LogP) is 4.57. The molecule has 2 aromatic carbocycles. The fourth-order valence-corrected chi connectivity index (χ4v) is 2.35. The summed E-state index contributed by atoms with van der Waals surface area (Å²) in [7, 11) is 0. The molecule has 0 aromatic heterocycles. The third-order valence-corrected chi connectivity index (χ3v) is 3.40. The fraction of sp³-hybridized carbons (Fsp3) is 0.143. The molecule has 0 aliphatic heterocycles. The van der Waals surface area contributed by atoms with Gasteiger partial charge in [0.25, 0.3) is 5.69 Å². The molecule has 0 aliphatic rings. The van der Waals surface area contributed by atoms with Crippen LogP contribution in [0, 0.1) is 10.1 Å². The third-order valence-electron chi connectivity index (χ3n) is 2.78. The van der Waals surface area contributed by atoms with Gasteiger partial charge in [0.05, 0.1) is 16.4 Å². The minimum absolute atomic E-state index is 0.0296. The van der Waals surface area contributed by atoms with Gasteiger partial charge in [0.2, 0.25) is 0 Å². The highest BCUT2D eigenvalue weighted by Gasteiger charge is 2.14. The molecule has 20 heavy (non-hydrogen) atoms. The number of nitro benzene ring substituents is 1. The molecule has 0 saturated carbocycles. The van der Waals surface area contributed by atoms with Gasteiger partial charge in [0, 0.05) is 16.7 Å². The van der Waals surface area contributed by atoms with Gasteiger partial charge in [0.15, 0.2) is 0 Å². The zero-order valence-corrected chi connectivity index (χ0v) is 11.9. The van der Waals surface area contributed by atoms with E-state index in [1.807, 2.05) is 0 Å². The van der Waals surface area contributed by atoms with E-state index < -0.39 is 4.92 Å². The number of nitro groups is 1. The average molecular weight is 312 g/mol. The summed E-state index contributed by atoms with van der Waals surface area (Å²) in [5, 5.41) is 11.4. The van der Waals surface area contributed by atoms with Crippen LogP contribution in [-0.2, 0) is 12.5 Å². The van der Waals surface area contributed by atoms with Gasteiger partial charge < -0.3 is 4.74 Å². The summed E-state index contributed by atoms with van der Waals surface area (Å²) >= 11 is 11.8. The number of para-hydroxylation sites is 1. The standard InChI is InChI=1S/C14H11Cl2NO3/c15-8-11-12(16)5-3-7-14(11)20-9-10-4-1-2-6-13(10)17(18)19/h1-7H,8-9H2. The van der Waals surface area contributed by atoms with Crippen molar-refractivity contribution in [3.63, 3.8) is 0 Å². The number of alkyl halides is 1. The number of benzene rings is 2. The second-order valence-corrected chi connectivity index (χ2v) is 4.70. The quantitative estimate of drug-likeness (QED) is 0.462. The maximum Gasteiger partial charge on any atom is 0.276 e. The van der Waals surface area contributed by atoms with E-state index in [1.54, 1.807) is 36.4 Å². The first-order chi connectivity index (χ1) is 9.63. The van der Waals surface area contributed by atoms with Gasteiger partial charge in [-0.3, -0.25) is 10.1 Å². The summed E-state index contributed by atoms with van der Waals surface area (Å²) in [5.41, 5.74) is 1.20. The topological polar surface area (TPSA) is 52.4 Å². The molecule has 0 unspecified atom stereocenters. The lowest BCUT2D eigenvalue weighted by atomic mass is 10.2. The van der Waals surface area contributed by atoms with Gasteiger partial charge >= 0.3 is 0 Å². The van der Waals surface area contributed by atoms with Crippen molar-refractivity contribution in [1.29, 1.82) is 0 Å². The summed E-state index contributed by atoms with van der Waals surface area (Å²) in [4.78, 5) is 10.5. The van der Waals surface area contributed by atoms with Crippen molar-refractivity contribution < 1.29 is 9.66 Å². The lowest BCUT2D eigenvalue weighted by molar-refractivity contribution is -0.385. The van der Waals surface area contributed by atoms with E-state index in [9.17, 15) is 10.1 Å². The zero-order valence-electron chi connectivity index (χ0n) is 10.4. The second-order valence-electron chi connectivity index (χ2n) is 4.02. The van der Waals surface area contributed by atoms with Crippen LogP contribution in [-0.4, -0.2) is 4.92 Å². The number of halogens is 2. The maximum atomic E-state index is 10.9. The van der Waals surface area contributed by atoms with Crippen LogP contribution in [0.5, 0.6) is 5.75 Å². The van der Waals surface area contributed by atoms with Crippen molar-refractivity contribution in [2.75, 3.05) is 0 Å². The van der Waals surface area contributed by atoms with Gasteiger partial charge in [0.1, 0.15) is 12.4 Å². The summed E-state index contributed by atoms with van der Waals surface area (Å²) in [5.74, 6) is 0.747. The van der Waals surface area contributed by atoms with Crippen LogP contribution in [0.25, 0.3) is 0 Å². The van der Waals surface area contributed by atoms with Gasteiger partial charge in [-0.05, 0) is 18.2 Å². The molecule has 2 aromatic rings. The molecule has 0 aliphatic carbocycles.